The van der Waals surface area contributed by atoms with E-state index in [1.807, 2.05) is 31.2 Å². The molecular weight excluding hydrogens is 298 g/mol. The highest BCUT2D eigenvalue weighted by Gasteiger charge is 2.17. The van der Waals surface area contributed by atoms with Crippen LogP contribution in [0.1, 0.15) is 27.9 Å². The molecule has 2 N–H and O–H groups in total. The van der Waals surface area contributed by atoms with Crippen LogP contribution in [0, 0.1) is 0 Å². The Balaban J connectivity index is 1.91. The fourth-order valence-corrected chi connectivity index (χ4v) is 3.32. The normalized spacial score (nSPS) is 11.0. The number of aromatic hydroxyl groups is 2. The zero-order valence-corrected chi connectivity index (χ0v) is 12.9. The Hall–Kier alpha value is -2.40. The second-order valence-electron chi connectivity index (χ2n) is 5.03. The molecule has 4 nitrogen and oxygen atoms in total. The van der Waals surface area contributed by atoms with Gasteiger partial charge in [0.25, 0.3) is 0 Å². The lowest BCUT2D eigenvalue weighted by Gasteiger charge is -2.07. The van der Waals surface area contributed by atoms with Gasteiger partial charge in [0.15, 0.2) is 5.78 Å². The summed E-state index contributed by atoms with van der Waals surface area (Å²) >= 11 is 1.48. The van der Waals surface area contributed by atoms with E-state index in [0.29, 0.717) is 12.0 Å². The number of benzene rings is 2. The number of phenols is 2. The predicted octanol–water partition coefficient (Wildman–Crippen LogP) is 3.70. The first-order valence-electron chi connectivity index (χ1n) is 7.01. The van der Waals surface area contributed by atoms with Crippen LogP contribution >= 0.6 is 11.3 Å². The molecule has 0 unspecified atom stereocenters. The van der Waals surface area contributed by atoms with Crippen molar-refractivity contribution in [1.29, 1.82) is 0 Å². The number of thiazole rings is 1. The van der Waals surface area contributed by atoms with Gasteiger partial charge in [-0.3, -0.25) is 4.79 Å². The molecule has 0 bridgehead atoms. The number of Topliss-reactive ketones (excluding diaryl/α,β-unsaturated/α-hetero) is 1. The first kappa shape index (κ1) is 14.5. The molecule has 1 aromatic heterocycles. The molecule has 0 amide bonds. The molecule has 1 heterocycles. The van der Waals surface area contributed by atoms with Crippen molar-refractivity contribution in [2.75, 3.05) is 0 Å². The molecule has 0 atom stereocenters. The molecule has 0 saturated heterocycles. The van der Waals surface area contributed by atoms with E-state index in [2.05, 4.69) is 4.98 Å². The van der Waals surface area contributed by atoms with Crippen LogP contribution in [-0.4, -0.2) is 21.0 Å². The van der Waals surface area contributed by atoms with Crippen molar-refractivity contribution in [3.63, 3.8) is 0 Å². The van der Waals surface area contributed by atoms with E-state index in [1.54, 1.807) is 6.07 Å². The van der Waals surface area contributed by atoms with Gasteiger partial charge in [-0.05, 0) is 30.2 Å². The second kappa shape index (κ2) is 5.77. The number of phenolic OH excluding ortho intramolecular Hbond substituents is 2. The Morgan fingerprint density at radius 2 is 1.95 bits per heavy atom. The van der Waals surface area contributed by atoms with Gasteiger partial charge in [0, 0.05) is 6.07 Å². The van der Waals surface area contributed by atoms with Crippen molar-refractivity contribution in [2.45, 2.75) is 19.8 Å². The molecule has 3 rings (SSSR count). The van der Waals surface area contributed by atoms with Crippen LogP contribution in [0.3, 0.4) is 0 Å². The molecular formula is C17H15NO3S. The van der Waals surface area contributed by atoms with Gasteiger partial charge in [-0.2, -0.15) is 0 Å². The van der Waals surface area contributed by atoms with E-state index in [1.165, 1.54) is 17.4 Å². The number of aryl methyl sites for hydroxylation is 1. The quantitative estimate of drug-likeness (QED) is 0.721. The van der Waals surface area contributed by atoms with E-state index < -0.39 is 0 Å². The number of carbonyl (C=O) groups excluding carboxylic acids is 1. The number of hydrogen-bond donors (Lipinski definition) is 2. The van der Waals surface area contributed by atoms with Crippen LogP contribution in [0.5, 0.6) is 11.5 Å². The summed E-state index contributed by atoms with van der Waals surface area (Å²) in [4.78, 5) is 16.9. The molecule has 0 aliphatic heterocycles. The molecule has 0 aliphatic carbocycles. The summed E-state index contributed by atoms with van der Waals surface area (Å²) < 4.78 is 1.04. The van der Waals surface area contributed by atoms with Crippen molar-refractivity contribution in [3.05, 3.63) is 52.5 Å². The Labute approximate surface area is 131 Å². The van der Waals surface area contributed by atoms with E-state index in [9.17, 15) is 15.0 Å². The summed E-state index contributed by atoms with van der Waals surface area (Å²) in [6.45, 7) is 1.88. The molecule has 0 radical (unpaired) electrons. The second-order valence-corrected chi connectivity index (χ2v) is 6.14. The van der Waals surface area contributed by atoms with Gasteiger partial charge in [-0.15, -0.1) is 11.3 Å². The Bertz CT molecular complexity index is 821. The van der Waals surface area contributed by atoms with Crippen LogP contribution in [-0.2, 0) is 12.8 Å². The lowest BCUT2D eigenvalue weighted by atomic mass is 10.0. The summed E-state index contributed by atoms with van der Waals surface area (Å²) in [6, 6.07) is 10.5. The summed E-state index contributed by atoms with van der Waals surface area (Å²) in [5, 5.41) is 20.3. The molecule has 2 aromatic carbocycles. The maximum absolute atomic E-state index is 12.4. The summed E-state index contributed by atoms with van der Waals surface area (Å²) in [6.07, 6.45) is 0.731. The van der Waals surface area contributed by atoms with E-state index in [-0.39, 0.29) is 29.3 Å². The van der Waals surface area contributed by atoms with Gasteiger partial charge in [-0.1, -0.05) is 19.1 Å². The van der Waals surface area contributed by atoms with Crippen LogP contribution in [0.15, 0.2) is 36.4 Å². The van der Waals surface area contributed by atoms with Crippen molar-refractivity contribution < 1.29 is 15.0 Å². The molecule has 3 aromatic rings. The van der Waals surface area contributed by atoms with Gasteiger partial charge in [0.05, 0.1) is 22.2 Å². The number of nitrogens with zero attached hydrogens (tertiary/aromatic N) is 1. The topological polar surface area (TPSA) is 70.4 Å². The number of aromatic nitrogens is 1. The van der Waals surface area contributed by atoms with Crippen molar-refractivity contribution in [2.24, 2.45) is 0 Å². The van der Waals surface area contributed by atoms with Crippen molar-refractivity contribution >= 4 is 27.3 Å². The molecule has 0 spiro atoms. The van der Waals surface area contributed by atoms with Gasteiger partial charge in [-0.25, -0.2) is 4.98 Å². The maximum atomic E-state index is 12.4. The minimum Gasteiger partial charge on any atom is -0.508 e. The zero-order chi connectivity index (χ0) is 15.7. The van der Waals surface area contributed by atoms with Crippen LogP contribution < -0.4 is 0 Å². The fourth-order valence-electron chi connectivity index (χ4n) is 2.36. The first-order chi connectivity index (χ1) is 10.6. The largest absolute Gasteiger partial charge is 0.508 e. The molecule has 0 fully saturated rings. The predicted molar refractivity (Wildman–Crippen MR) is 86.8 cm³/mol. The monoisotopic (exact) mass is 313 g/mol. The summed E-state index contributed by atoms with van der Waals surface area (Å²) in [7, 11) is 0. The number of rotatable bonds is 4. The molecule has 0 aliphatic rings. The fraction of sp³-hybridized carbons (Fsp3) is 0.176. The number of para-hydroxylation sites is 1. The standard InChI is InChI=1S/C17H15NO3S/c1-2-10-7-11(14(20)8-13(10)19)15(21)9-17-18-12-5-3-4-6-16(12)22-17/h3-8,19-20H,2,9H2,1H3. The average molecular weight is 313 g/mol. The molecule has 22 heavy (non-hydrogen) atoms. The zero-order valence-electron chi connectivity index (χ0n) is 12.0. The highest BCUT2D eigenvalue weighted by molar-refractivity contribution is 7.18. The third kappa shape index (κ3) is 2.67. The van der Waals surface area contributed by atoms with E-state index in [4.69, 9.17) is 0 Å². The van der Waals surface area contributed by atoms with Crippen LogP contribution in [0.2, 0.25) is 0 Å². The van der Waals surface area contributed by atoms with Crippen LogP contribution in [0.4, 0.5) is 0 Å². The van der Waals surface area contributed by atoms with Crippen LogP contribution in [0.25, 0.3) is 10.2 Å². The average Bonchev–Trinajstić information content (AvgIpc) is 2.89. The van der Waals surface area contributed by atoms with E-state index in [0.717, 1.165) is 15.2 Å². The highest BCUT2D eigenvalue weighted by atomic mass is 32.1. The van der Waals surface area contributed by atoms with Gasteiger partial charge in [0.1, 0.15) is 16.5 Å². The minimum absolute atomic E-state index is 0.0107. The smallest absolute Gasteiger partial charge is 0.173 e. The molecule has 5 heteroatoms. The third-order valence-corrected chi connectivity index (χ3v) is 4.56. The van der Waals surface area contributed by atoms with Gasteiger partial charge >= 0.3 is 0 Å². The molecule has 112 valence electrons. The van der Waals surface area contributed by atoms with E-state index >= 15 is 0 Å². The Morgan fingerprint density at radius 1 is 1.18 bits per heavy atom. The van der Waals surface area contributed by atoms with Crippen molar-refractivity contribution in [3.8, 4) is 11.5 Å². The van der Waals surface area contributed by atoms with Gasteiger partial charge in [0.2, 0.25) is 0 Å². The minimum atomic E-state index is -0.203. The van der Waals surface area contributed by atoms with Gasteiger partial charge < -0.3 is 10.2 Å². The Kier molecular flexibility index (Phi) is 3.81. The lowest BCUT2D eigenvalue weighted by Crippen LogP contribution is -2.04. The molecule has 0 saturated carbocycles. The number of hydrogen-bond acceptors (Lipinski definition) is 5. The first-order valence-corrected chi connectivity index (χ1v) is 7.82. The summed E-state index contributed by atoms with van der Waals surface area (Å²) in [5.74, 6) is -0.386. The number of fused-ring (bicyclic) bond motifs is 1. The highest BCUT2D eigenvalue weighted by Crippen LogP contribution is 2.29. The third-order valence-electron chi connectivity index (χ3n) is 3.53. The number of carbonyl (C=O) groups is 1. The Morgan fingerprint density at radius 3 is 2.68 bits per heavy atom. The van der Waals surface area contributed by atoms with Crippen molar-refractivity contribution in [1.82, 2.24) is 4.98 Å². The summed E-state index contributed by atoms with van der Waals surface area (Å²) in [5.41, 5.74) is 1.75. The lowest BCUT2D eigenvalue weighted by molar-refractivity contribution is 0.0990. The SMILES string of the molecule is CCc1cc(C(=O)Cc2nc3ccccc3s2)c(O)cc1O. The number of ketones is 1. The maximum Gasteiger partial charge on any atom is 0.173 e.